The van der Waals surface area contributed by atoms with E-state index < -0.39 is 27.4 Å². The minimum Gasteiger partial charge on any atom is -0.465 e. The second kappa shape index (κ2) is 6.76. The summed E-state index contributed by atoms with van der Waals surface area (Å²) in [6.07, 6.45) is 1.25. The number of ether oxygens (including phenoxy) is 1. The van der Waals surface area contributed by atoms with Gasteiger partial charge in [0.15, 0.2) is 0 Å². The Morgan fingerprint density at radius 2 is 2.11 bits per heavy atom. The fourth-order valence-electron chi connectivity index (χ4n) is 3.13. The van der Waals surface area contributed by atoms with Crippen molar-refractivity contribution >= 4 is 33.0 Å². The van der Waals surface area contributed by atoms with Gasteiger partial charge in [-0.15, -0.1) is 11.3 Å². The largest absolute Gasteiger partial charge is 0.465 e. The number of carbonyl (C=O) groups excluding carboxylic acids is 1. The minimum absolute atomic E-state index is 0.0243. The van der Waals surface area contributed by atoms with E-state index in [0.29, 0.717) is 11.3 Å². The number of methoxy groups -OCH3 is 1. The number of rotatable bonds is 3. The number of halogens is 1. The Labute approximate surface area is 162 Å². The Morgan fingerprint density at radius 1 is 1.32 bits per heavy atom. The molecule has 28 heavy (non-hydrogen) atoms. The highest BCUT2D eigenvalue weighted by molar-refractivity contribution is 7.89. The predicted molar refractivity (Wildman–Crippen MR) is 98.4 cm³/mol. The van der Waals surface area contributed by atoms with Gasteiger partial charge in [-0.2, -0.15) is 4.31 Å². The molecule has 0 radical (unpaired) electrons. The van der Waals surface area contributed by atoms with Crippen molar-refractivity contribution in [3.05, 3.63) is 62.1 Å². The number of hydrogen-bond acceptors (Lipinski definition) is 7. The molecule has 0 atom stereocenters. The molecule has 1 aliphatic rings. The maximum Gasteiger partial charge on any atom is 0.349 e. The zero-order valence-electron chi connectivity index (χ0n) is 14.6. The van der Waals surface area contributed by atoms with Crippen molar-refractivity contribution in [2.45, 2.75) is 17.9 Å². The molecule has 0 N–H and O–H groups in total. The number of nitrogens with zero attached hydrogens (tertiary/aromatic N) is 3. The van der Waals surface area contributed by atoms with E-state index in [0.717, 1.165) is 26.2 Å². The third-order valence-electron chi connectivity index (χ3n) is 4.52. The molecule has 4 heterocycles. The second-order valence-electron chi connectivity index (χ2n) is 6.11. The number of thiophene rings is 1. The van der Waals surface area contributed by atoms with Gasteiger partial charge in [-0.05, 0) is 23.6 Å². The van der Waals surface area contributed by atoms with E-state index in [-0.39, 0.29) is 34.8 Å². The van der Waals surface area contributed by atoms with Gasteiger partial charge < -0.3 is 4.74 Å². The van der Waals surface area contributed by atoms with E-state index in [9.17, 15) is 22.4 Å². The van der Waals surface area contributed by atoms with E-state index in [2.05, 4.69) is 9.72 Å². The maximum absolute atomic E-state index is 13.5. The molecule has 0 saturated carbocycles. The minimum atomic E-state index is -4.03. The molecule has 3 aromatic heterocycles. The fourth-order valence-corrected chi connectivity index (χ4v) is 5.85. The quantitative estimate of drug-likeness (QED) is 0.591. The van der Waals surface area contributed by atoms with E-state index in [1.807, 2.05) is 0 Å². The summed E-state index contributed by atoms with van der Waals surface area (Å²) in [5.74, 6) is -1.34. The first-order valence-corrected chi connectivity index (χ1v) is 10.5. The highest BCUT2D eigenvalue weighted by atomic mass is 32.2. The van der Waals surface area contributed by atoms with Gasteiger partial charge in [0, 0.05) is 25.7 Å². The van der Waals surface area contributed by atoms with Crippen LogP contribution in [0.3, 0.4) is 0 Å². The highest BCUT2D eigenvalue weighted by Gasteiger charge is 2.34. The van der Waals surface area contributed by atoms with Crippen LogP contribution in [0.25, 0.3) is 5.65 Å². The first kappa shape index (κ1) is 18.7. The van der Waals surface area contributed by atoms with Crippen LogP contribution in [0.2, 0.25) is 0 Å². The van der Waals surface area contributed by atoms with Gasteiger partial charge in [-0.3, -0.25) is 9.20 Å². The van der Waals surface area contributed by atoms with Crippen LogP contribution in [0, 0.1) is 5.82 Å². The molecule has 8 nitrogen and oxygen atoms in total. The summed E-state index contributed by atoms with van der Waals surface area (Å²) in [7, 11) is -2.86. The van der Waals surface area contributed by atoms with Crippen LogP contribution in [-0.2, 0) is 27.7 Å². The number of fused-ring (bicyclic) bond motifs is 2. The van der Waals surface area contributed by atoms with Crippen molar-refractivity contribution in [2.75, 3.05) is 13.7 Å². The van der Waals surface area contributed by atoms with Crippen LogP contribution in [0.1, 0.15) is 20.9 Å². The van der Waals surface area contributed by atoms with Gasteiger partial charge in [-0.25, -0.2) is 22.6 Å². The molecule has 1 aliphatic heterocycles. The summed E-state index contributed by atoms with van der Waals surface area (Å²) in [6.45, 7) is -0.102. The summed E-state index contributed by atoms with van der Waals surface area (Å²) in [4.78, 5) is 28.8. The summed E-state index contributed by atoms with van der Waals surface area (Å²) in [5, 5.41) is 1.49. The molecule has 4 rings (SSSR count). The Balaban J connectivity index is 1.77. The predicted octanol–water partition coefficient (Wildman–Crippen LogP) is 1.43. The van der Waals surface area contributed by atoms with E-state index >= 15 is 0 Å². The number of carbonyl (C=O) groups is 1. The zero-order chi connectivity index (χ0) is 20.1. The van der Waals surface area contributed by atoms with Gasteiger partial charge >= 0.3 is 5.97 Å². The normalized spacial score (nSPS) is 14.8. The molecule has 0 saturated heterocycles. The molecule has 3 aromatic rings. The van der Waals surface area contributed by atoms with E-state index in [1.165, 1.54) is 30.7 Å². The third-order valence-corrected chi connectivity index (χ3v) is 7.43. The molecule has 0 aromatic carbocycles. The molecule has 11 heteroatoms. The topological polar surface area (TPSA) is 98.1 Å². The SMILES string of the molecule is COC(=O)c1sccc1S(=O)(=O)N1CCc2nc3ccc(F)cn3c(=O)c2C1. The Morgan fingerprint density at radius 3 is 2.86 bits per heavy atom. The number of esters is 1. The van der Waals surface area contributed by atoms with Crippen LogP contribution in [0.5, 0.6) is 0 Å². The van der Waals surface area contributed by atoms with Crippen molar-refractivity contribution in [3.63, 3.8) is 0 Å². The first-order valence-electron chi connectivity index (χ1n) is 8.18. The molecule has 0 bridgehead atoms. The number of pyridine rings is 1. The number of aromatic nitrogens is 2. The standard InChI is InChI=1S/C17H14FN3O5S2/c1-26-17(23)15-13(5-7-27-15)28(24,25)20-6-4-12-11(9-20)16(22)21-8-10(18)2-3-14(21)19-12/h2-3,5,7-8H,4,6,9H2,1H3. The fraction of sp³-hybridized carbons (Fsp3) is 0.235. The van der Waals surface area contributed by atoms with Crippen molar-refractivity contribution in [3.8, 4) is 0 Å². The third kappa shape index (κ3) is 2.91. The average molecular weight is 423 g/mol. The number of hydrogen-bond donors (Lipinski definition) is 0. The Kier molecular flexibility index (Phi) is 4.52. The Hall–Kier alpha value is -2.63. The van der Waals surface area contributed by atoms with Gasteiger partial charge in [0.2, 0.25) is 10.0 Å². The molecular formula is C17H14FN3O5S2. The van der Waals surface area contributed by atoms with Crippen molar-refractivity contribution in [1.29, 1.82) is 0 Å². The van der Waals surface area contributed by atoms with Crippen LogP contribution >= 0.6 is 11.3 Å². The van der Waals surface area contributed by atoms with Crippen molar-refractivity contribution in [2.24, 2.45) is 0 Å². The Bertz CT molecular complexity index is 1270. The summed E-state index contributed by atoms with van der Waals surface area (Å²) < 4.78 is 46.5. The van der Waals surface area contributed by atoms with Crippen LogP contribution < -0.4 is 5.56 Å². The van der Waals surface area contributed by atoms with E-state index in [1.54, 1.807) is 0 Å². The van der Waals surface area contributed by atoms with Crippen molar-refractivity contribution in [1.82, 2.24) is 13.7 Å². The maximum atomic E-state index is 13.5. The first-order chi connectivity index (χ1) is 13.3. The van der Waals surface area contributed by atoms with E-state index in [4.69, 9.17) is 0 Å². The summed E-state index contributed by atoms with van der Waals surface area (Å²) in [5.41, 5.74) is 0.458. The summed E-state index contributed by atoms with van der Waals surface area (Å²) >= 11 is 0.965. The second-order valence-corrected chi connectivity index (χ2v) is 8.93. The van der Waals surface area contributed by atoms with Crippen LogP contribution in [-0.4, -0.2) is 41.7 Å². The van der Waals surface area contributed by atoms with Gasteiger partial charge in [0.25, 0.3) is 5.56 Å². The molecule has 0 unspecified atom stereocenters. The van der Waals surface area contributed by atoms with Crippen molar-refractivity contribution < 1.29 is 22.3 Å². The molecule has 146 valence electrons. The molecule has 0 amide bonds. The molecule has 0 spiro atoms. The summed E-state index contributed by atoms with van der Waals surface area (Å²) in [6, 6.07) is 3.94. The molecule has 0 fully saturated rings. The molecule has 0 aliphatic carbocycles. The lowest BCUT2D eigenvalue weighted by atomic mass is 10.1. The van der Waals surface area contributed by atoms with Gasteiger partial charge in [-0.1, -0.05) is 0 Å². The lowest BCUT2D eigenvalue weighted by Crippen LogP contribution is -2.40. The highest BCUT2D eigenvalue weighted by Crippen LogP contribution is 2.28. The van der Waals surface area contributed by atoms with Gasteiger partial charge in [0.05, 0.1) is 18.4 Å². The zero-order valence-corrected chi connectivity index (χ0v) is 16.2. The monoisotopic (exact) mass is 423 g/mol. The molecular weight excluding hydrogens is 409 g/mol. The lowest BCUT2D eigenvalue weighted by molar-refractivity contribution is 0.0602. The van der Waals surface area contributed by atoms with Crippen LogP contribution in [0.4, 0.5) is 4.39 Å². The average Bonchev–Trinajstić information content (AvgIpc) is 3.18. The van der Waals surface area contributed by atoms with Crippen LogP contribution in [0.15, 0.2) is 39.5 Å². The number of sulfonamides is 1. The smallest absolute Gasteiger partial charge is 0.349 e. The van der Waals surface area contributed by atoms with Gasteiger partial charge in [0.1, 0.15) is 21.2 Å². The lowest BCUT2D eigenvalue weighted by Gasteiger charge is -2.27.